The summed E-state index contributed by atoms with van der Waals surface area (Å²) in [5.41, 5.74) is 7.56. The van der Waals surface area contributed by atoms with Crippen molar-refractivity contribution in [1.29, 1.82) is 0 Å². The van der Waals surface area contributed by atoms with Gasteiger partial charge in [0.1, 0.15) is 0 Å². The van der Waals surface area contributed by atoms with Gasteiger partial charge >= 0.3 is 0 Å². The van der Waals surface area contributed by atoms with Crippen molar-refractivity contribution in [3.05, 3.63) is 30.5 Å². The number of nitrogens with two attached hydrogens (primary N) is 1. The van der Waals surface area contributed by atoms with Gasteiger partial charge in [0, 0.05) is 0 Å². The van der Waals surface area contributed by atoms with Gasteiger partial charge in [0.25, 0.3) is 0 Å². The van der Waals surface area contributed by atoms with E-state index in [1.807, 2.05) is 24.3 Å². The largest absolute Gasteiger partial charge is 0.476 e. The maximum Gasteiger partial charge on any atom is 0.232 e. The van der Waals surface area contributed by atoms with E-state index in [9.17, 15) is 0 Å². The standard InChI is InChI=1S/C15H19N3O/c16-8-11-4-3-5-12(11)10-19-15-9-17-13-6-1-2-7-14(13)18-15/h1-2,6-7,9,11-12H,3-5,8,10,16H2. The Labute approximate surface area is 113 Å². The first-order valence-corrected chi connectivity index (χ1v) is 6.91. The Balaban J connectivity index is 1.68. The van der Waals surface area contributed by atoms with Gasteiger partial charge < -0.3 is 10.5 Å². The summed E-state index contributed by atoms with van der Waals surface area (Å²) in [6.07, 6.45) is 5.41. The summed E-state index contributed by atoms with van der Waals surface area (Å²) >= 11 is 0. The highest BCUT2D eigenvalue weighted by Crippen LogP contribution is 2.31. The first-order valence-electron chi connectivity index (χ1n) is 6.91. The molecule has 2 aromatic rings. The number of hydrogen-bond donors (Lipinski definition) is 1. The Hall–Kier alpha value is -1.68. The maximum absolute atomic E-state index is 5.80. The lowest BCUT2D eigenvalue weighted by Crippen LogP contribution is -2.23. The molecule has 2 atom stereocenters. The molecule has 4 heteroatoms. The van der Waals surface area contributed by atoms with E-state index in [0.29, 0.717) is 24.3 Å². The van der Waals surface area contributed by atoms with E-state index >= 15 is 0 Å². The van der Waals surface area contributed by atoms with Crippen LogP contribution in [0.1, 0.15) is 19.3 Å². The van der Waals surface area contributed by atoms with Crippen molar-refractivity contribution >= 4 is 11.0 Å². The van der Waals surface area contributed by atoms with Gasteiger partial charge in [-0.15, -0.1) is 0 Å². The van der Waals surface area contributed by atoms with Crippen molar-refractivity contribution in [3.63, 3.8) is 0 Å². The van der Waals surface area contributed by atoms with E-state index in [1.165, 1.54) is 19.3 Å². The van der Waals surface area contributed by atoms with E-state index in [0.717, 1.165) is 17.6 Å². The predicted molar refractivity (Wildman–Crippen MR) is 74.9 cm³/mol. The Morgan fingerprint density at radius 2 is 1.95 bits per heavy atom. The fourth-order valence-corrected chi connectivity index (χ4v) is 2.85. The summed E-state index contributed by atoms with van der Waals surface area (Å²) < 4.78 is 5.80. The van der Waals surface area contributed by atoms with Crippen LogP contribution in [0.25, 0.3) is 11.0 Å². The van der Waals surface area contributed by atoms with Gasteiger partial charge in [-0.25, -0.2) is 9.97 Å². The van der Waals surface area contributed by atoms with E-state index in [2.05, 4.69) is 9.97 Å². The van der Waals surface area contributed by atoms with Crippen LogP contribution in [0, 0.1) is 11.8 Å². The molecule has 1 aliphatic carbocycles. The second-order valence-corrected chi connectivity index (χ2v) is 5.19. The Morgan fingerprint density at radius 3 is 2.79 bits per heavy atom. The minimum absolute atomic E-state index is 0.568. The van der Waals surface area contributed by atoms with E-state index in [-0.39, 0.29) is 0 Å². The molecule has 100 valence electrons. The second-order valence-electron chi connectivity index (χ2n) is 5.19. The van der Waals surface area contributed by atoms with Crippen LogP contribution in [0.4, 0.5) is 0 Å². The van der Waals surface area contributed by atoms with Crippen LogP contribution in [-0.4, -0.2) is 23.1 Å². The Kier molecular flexibility index (Phi) is 3.60. The molecule has 1 aliphatic rings. The molecule has 2 unspecified atom stereocenters. The predicted octanol–water partition coefficient (Wildman–Crippen LogP) is 2.38. The van der Waals surface area contributed by atoms with Gasteiger partial charge in [-0.3, -0.25) is 0 Å². The van der Waals surface area contributed by atoms with Gasteiger partial charge in [-0.2, -0.15) is 0 Å². The van der Waals surface area contributed by atoms with Crippen molar-refractivity contribution < 1.29 is 4.74 Å². The van der Waals surface area contributed by atoms with Gasteiger partial charge in [-0.1, -0.05) is 18.6 Å². The van der Waals surface area contributed by atoms with Crippen molar-refractivity contribution in [2.45, 2.75) is 19.3 Å². The van der Waals surface area contributed by atoms with Gasteiger partial charge in [0.2, 0.25) is 5.88 Å². The summed E-state index contributed by atoms with van der Waals surface area (Å²) in [6.45, 7) is 1.46. The smallest absolute Gasteiger partial charge is 0.232 e. The molecule has 1 heterocycles. The van der Waals surface area contributed by atoms with Crippen LogP contribution in [-0.2, 0) is 0 Å². The summed E-state index contributed by atoms with van der Waals surface area (Å²) in [5.74, 6) is 1.79. The number of hydrogen-bond acceptors (Lipinski definition) is 4. The molecule has 1 fully saturated rings. The molecule has 1 aromatic heterocycles. The van der Waals surface area contributed by atoms with Crippen LogP contribution in [0.5, 0.6) is 5.88 Å². The molecule has 0 bridgehead atoms. The lowest BCUT2D eigenvalue weighted by atomic mass is 9.97. The molecule has 1 aromatic carbocycles. The third kappa shape index (κ3) is 2.68. The van der Waals surface area contributed by atoms with Gasteiger partial charge in [0.15, 0.2) is 0 Å². The molecule has 19 heavy (non-hydrogen) atoms. The monoisotopic (exact) mass is 257 g/mol. The van der Waals surface area contributed by atoms with Crippen LogP contribution >= 0.6 is 0 Å². The average molecular weight is 257 g/mol. The molecule has 2 N–H and O–H groups in total. The topological polar surface area (TPSA) is 61.0 Å². The molecule has 1 saturated carbocycles. The number of rotatable bonds is 4. The van der Waals surface area contributed by atoms with E-state index in [1.54, 1.807) is 6.20 Å². The minimum Gasteiger partial charge on any atom is -0.476 e. The zero-order valence-corrected chi connectivity index (χ0v) is 11.0. The van der Waals surface area contributed by atoms with Crippen molar-refractivity contribution in [2.24, 2.45) is 17.6 Å². The van der Waals surface area contributed by atoms with Crippen molar-refractivity contribution in [2.75, 3.05) is 13.2 Å². The molecule has 0 radical (unpaired) electrons. The SMILES string of the molecule is NCC1CCCC1COc1cnc2ccccc2n1. The van der Waals surface area contributed by atoms with E-state index < -0.39 is 0 Å². The van der Waals surface area contributed by atoms with Gasteiger partial charge in [-0.05, 0) is 43.4 Å². The van der Waals surface area contributed by atoms with Crippen molar-refractivity contribution in [3.8, 4) is 5.88 Å². The second kappa shape index (κ2) is 5.53. The first kappa shape index (κ1) is 12.4. The van der Waals surface area contributed by atoms with Crippen LogP contribution < -0.4 is 10.5 Å². The fraction of sp³-hybridized carbons (Fsp3) is 0.467. The molecule has 3 rings (SSSR count). The highest BCUT2D eigenvalue weighted by atomic mass is 16.5. The third-order valence-electron chi connectivity index (χ3n) is 3.99. The fourth-order valence-electron chi connectivity index (χ4n) is 2.85. The average Bonchev–Trinajstić information content (AvgIpc) is 2.92. The first-order chi connectivity index (χ1) is 9.36. The summed E-state index contributed by atoms with van der Waals surface area (Å²) in [6, 6.07) is 7.82. The lowest BCUT2D eigenvalue weighted by molar-refractivity contribution is 0.210. The maximum atomic E-state index is 5.80. The number of benzene rings is 1. The number of nitrogens with zero attached hydrogens (tertiary/aromatic N) is 2. The lowest BCUT2D eigenvalue weighted by Gasteiger charge is -2.17. The molecule has 4 nitrogen and oxygen atoms in total. The number of ether oxygens (including phenoxy) is 1. The zero-order valence-electron chi connectivity index (χ0n) is 11.0. The quantitative estimate of drug-likeness (QED) is 0.913. The summed E-state index contributed by atoms with van der Waals surface area (Å²) in [4.78, 5) is 8.82. The molecular weight excluding hydrogens is 238 g/mol. The van der Waals surface area contributed by atoms with Gasteiger partial charge in [0.05, 0.1) is 23.8 Å². The Morgan fingerprint density at radius 1 is 1.16 bits per heavy atom. The Bertz CT molecular complexity index is 558. The molecule has 0 aliphatic heterocycles. The number of para-hydroxylation sites is 2. The van der Waals surface area contributed by atoms with Crippen LogP contribution in [0.3, 0.4) is 0 Å². The minimum atomic E-state index is 0.568. The van der Waals surface area contributed by atoms with E-state index in [4.69, 9.17) is 10.5 Å². The summed E-state index contributed by atoms with van der Waals surface area (Å²) in [7, 11) is 0. The highest BCUT2D eigenvalue weighted by molar-refractivity contribution is 5.73. The number of fused-ring (bicyclic) bond motifs is 1. The van der Waals surface area contributed by atoms with Crippen LogP contribution in [0.2, 0.25) is 0 Å². The van der Waals surface area contributed by atoms with Crippen LogP contribution in [0.15, 0.2) is 30.5 Å². The normalized spacial score (nSPS) is 22.8. The molecular formula is C15H19N3O. The molecule has 0 saturated heterocycles. The molecule has 0 amide bonds. The summed E-state index contributed by atoms with van der Waals surface area (Å²) in [5, 5.41) is 0. The third-order valence-corrected chi connectivity index (χ3v) is 3.99. The highest BCUT2D eigenvalue weighted by Gasteiger charge is 2.26. The van der Waals surface area contributed by atoms with Crippen molar-refractivity contribution in [1.82, 2.24) is 9.97 Å². The molecule has 0 spiro atoms. The zero-order chi connectivity index (χ0) is 13.1. The number of aromatic nitrogens is 2.